The number of anilines is 2. The molecule has 0 atom stereocenters. The SMILES string of the molecule is CC1(C)C(NC(=O)c2ccc(N)cc2N)C1(C)C. The predicted molar refractivity (Wildman–Crippen MR) is 74.1 cm³/mol. The fourth-order valence-corrected chi connectivity index (χ4v) is 2.55. The van der Waals surface area contributed by atoms with E-state index in [0.29, 0.717) is 16.9 Å². The largest absolute Gasteiger partial charge is 0.399 e. The van der Waals surface area contributed by atoms with E-state index in [1.165, 1.54) is 0 Å². The van der Waals surface area contributed by atoms with Crippen molar-refractivity contribution in [1.29, 1.82) is 0 Å². The van der Waals surface area contributed by atoms with Crippen molar-refractivity contribution in [3.63, 3.8) is 0 Å². The Balaban J connectivity index is 2.15. The van der Waals surface area contributed by atoms with Crippen molar-refractivity contribution in [3.05, 3.63) is 23.8 Å². The third kappa shape index (κ3) is 1.72. The van der Waals surface area contributed by atoms with Gasteiger partial charge in [-0.15, -0.1) is 0 Å². The highest BCUT2D eigenvalue weighted by Gasteiger charge is 2.65. The van der Waals surface area contributed by atoms with Crippen LogP contribution in [0.1, 0.15) is 38.1 Å². The number of nitrogens with one attached hydrogen (secondary N) is 1. The van der Waals surface area contributed by atoms with Crippen molar-refractivity contribution in [1.82, 2.24) is 5.32 Å². The van der Waals surface area contributed by atoms with Gasteiger partial charge < -0.3 is 16.8 Å². The van der Waals surface area contributed by atoms with Gasteiger partial charge in [-0.3, -0.25) is 4.79 Å². The first-order valence-corrected chi connectivity index (χ1v) is 6.14. The number of rotatable bonds is 2. The van der Waals surface area contributed by atoms with Crippen LogP contribution >= 0.6 is 0 Å². The average Bonchev–Trinajstić information content (AvgIpc) is 2.60. The summed E-state index contributed by atoms with van der Waals surface area (Å²) in [4.78, 5) is 12.2. The lowest BCUT2D eigenvalue weighted by Gasteiger charge is -2.09. The topological polar surface area (TPSA) is 81.1 Å². The summed E-state index contributed by atoms with van der Waals surface area (Å²) in [7, 11) is 0. The molecule has 1 aromatic rings. The monoisotopic (exact) mass is 247 g/mol. The minimum Gasteiger partial charge on any atom is -0.399 e. The van der Waals surface area contributed by atoms with Gasteiger partial charge in [0.15, 0.2) is 0 Å². The van der Waals surface area contributed by atoms with Gasteiger partial charge in [0.05, 0.1) is 5.56 Å². The van der Waals surface area contributed by atoms with Crippen molar-refractivity contribution < 1.29 is 4.79 Å². The van der Waals surface area contributed by atoms with Crippen molar-refractivity contribution in [2.45, 2.75) is 33.7 Å². The summed E-state index contributed by atoms with van der Waals surface area (Å²) < 4.78 is 0. The maximum absolute atomic E-state index is 12.2. The van der Waals surface area contributed by atoms with Crippen molar-refractivity contribution >= 4 is 17.3 Å². The Labute approximate surface area is 108 Å². The zero-order valence-corrected chi connectivity index (χ0v) is 11.4. The van der Waals surface area contributed by atoms with E-state index in [0.717, 1.165) is 0 Å². The lowest BCUT2D eigenvalue weighted by molar-refractivity contribution is 0.0944. The van der Waals surface area contributed by atoms with Crippen LogP contribution in [-0.4, -0.2) is 11.9 Å². The lowest BCUT2D eigenvalue weighted by Crippen LogP contribution is -2.30. The molecular formula is C14H21N3O. The molecule has 0 heterocycles. The normalized spacial score (nSPS) is 20.4. The quantitative estimate of drug-likeness (QED) is 0.699. The molecular weight excluding hydrogens is 226 g/mol. The average molecular weight is 247 g/mol. The van der Waals surface area contributed by atoms with Crippen LogP contribution in [0.15, 0.2) is 18.2 Å². The van der Waals surface area contributed by atoms with E-state index in [9.17, 15) is 4.79 Å². The molecule has 1 amide bonds. The first-order valence-electron chi connectivity index (χ1n) is 6.14. The van der Waals surface area contributed by atoms with Crippen LogP contribution in [0.25, 0.3) is 0 Å². The standard InChI is InChI=1S/C14H21N3O/c1-13(2)12(14(13,3)4)17-11(18)9-6-5-8(15)7-10(9)16/h5-7,12H,15-16H2,1-4H3,(H,17,18). The van der Waals surface area contributed by atoms with Crippen molar-refractivity contribution in [3.8, 4) is 0 Å². The molecule has 0 aliphatic heterocycles. The van der Waals surface area contributed by atoms with Gasteiger partial charge in [-0.05, 0) is 29.0 Å². The van der Waals surface area contributed by atoms with Crippen molar-refractivity contribution in [2.24, 2.45) is 10.8 Å². The molecule has 0 spiro atoms. The highest BCUT2D eigenvalue weighted by atomic mass is 16.1. The Morgan fingerprint density at radius 3 is 2.17 bits per heavy atom. The lowest BCUT2D eigenvalue weighted by atomic mass is 10.0. The molecule has 2 rings (SSSR count). The summed E-state index contributed by atoms with van der Waals surface area (Å²) >= 11 is 0. The van der Waals surface area contributed by atoms with Gasteiger partial charge in [-0.25, -0.2) is 0 Å². The van der Waals surface area contributed by atoms with Crippen molar-refractivity contribution in [2.75, 3.05) is 11.5 Å². The Morgan fingerprint density at radius 1 is 1.17 bits per heavy atom. The van der Waals surface area contributed by atoms with E-state index in [4.69, 9.17) is 11.5 Å². The first-order chi connectivity index (χ1) is 8.18. The molecule has 0 saturated heterocycles. The second-order valence-electron chi connectivity index (χ2n) is 6.20. The van der Waals surface area contributed by atoms with E-state index in [-0.39, 0.29) is 22.8 Å². The second kappa shape index (κ2) is 3.64. The molecule has 0 aromatic heterocycles. The van der Waals surface area contributed by atoms with Gasteiger partial charge in [0.2, 0.25) is 0 Å². The second-order valence-corrected chi connectivity index (χ2v) is 6.20. The molecule has 4 nitrogen and oxygen atoms in total. The fraction of sp³-hybridized carbons (Fsp3) is 0.500. The number of hydrogen-bond donors (Lipinski definition) is 3. The minimum absolute atomic E-state index is 0.116. The number of amides is 1. The Hall–Kier alpha value is -1.71. The smallest absolute Gasteiger partial charge is 0.253 e. The minimum atomic E-state index is -0.129. The molecule has 1 aromatic carbocycles. The van der Waals surface area contributed by atoms with Crippen LogP contribution in [0, 0.1) is 10.8 Å². The maximum Gasteiger partial charge on any atom is 0.253 e. The molecule has 98 valence electrons. The van der Waals surface area contributed by atoms with E-state index >= 15 is 0 Å². The van der Waals surface area contributed by atoms with E-state index in [1.54, 1.807) is 18.2 Å². The zero-order valence-electron chi connectivity index (χ0n) is 11.4. The molecule has 0 unspecified atom stereocenters. The molecule has 1 saturated carbocycles. The number of hydrogen-bond acceptors (Lipinski definition) is 3. The molecule has 0 bridgehead atoms. The molecule has 18 heavy (non-hydrogen) atoms. The molecule has 4 heteroatoms. The zero-order chi connectivity index (χ0) is 13.7. The molecule has 1 aliphatic rings. The maximum atomic E-state index is 12.2. The van der Waals surface area contributed by atoms with Crippen LogP contribution in [0.4, 0.5) is 11.4 Å². The van der Waals surface area contributed by atoms with Crippen LogP contribution < -0.4 is 16.8 Å². The van der Waals surface area contributed by atoms with Gasteiger partial charge in [0.25, 0.3) is 5.91 Å². The fourth-order valence-electron chi connectivity index (χ4n) is 2.55. The van der Waals surface area contributed by atoms with Gasteiger partial charge in [-0.1, -0.05) is 27.7 Å². The molecule has 5 N–H and O–H groups in total. The molecule has 1 aliphatic carbocycles. The number of nitrogens with two attached hydrogens (primary N) is 2. The Kier molecular flexibility index (Phi) is 2.58. The van der Waals surface area contributed by atoms with Gasteiger partial charge in [0, 0.05) is 17.4 Å². The summed E-state index contributed by atoms with van der Waals surface area (Å²) in [5.74, 6) is -0.129. The van der Waals surface area contributed by atoms with Gasteiger partial charge in [-0.2, -0.15) is 0 Å². The molecule has 0 radical (unpaired) electrons. The summed E-state index contributed by atoms with van der Waals surface area (Å²) in [6.07, 6.45) is 0. The number of carbonyl (C=O) groups excluding carboxylic acids is 1. The third-order valence-corrected chi connectivity index (χ3v) is 4.62. The van der Waals surface area contributed by atoms with Crippen LogP contribution in [0.5, 0.6) is 0 Å². The summed E-state index contributed by atoms with van der Waals surface area (Å²) in [6.45, 7) is 8.63. The summed E-state index contributed by atoms with van der Waals surface area (Å²) in [5.41, 5.74) is 13.1. The van der Waals surface area contributed by atoms with E-state index < -0.39 is 0 Å². The Bertz CT molecular complexity index is 492. The van der Waals surface area contributed by atoms with E-state index in [2.05, 4.69) is 33.0 Å². The number of carbonyl (C=O) groups is 1. The third-order valence-electron chi connectivity index (χ3n) is 4.62. The van der Waals surface area contributed by atoms with E-state index in [1.807, 2.05) is 0 Å². The first kappa shape index (κ1) is 12.7. The van der Waals surface area contributed by atoms with Crippen LogP contribution in [0.2, 0.25) is 0 Å². The van der Waals surface area contributed by atoms with Gasteiger partial charge in [0.1, 0.15) is 0 Å². The van der Waals surface area contributed by atoms with Gasteiger partial charge >= 0.3 is 0 Å². The number of nitrogen functional groups attached to an aromatic ring is 2. The van der Waals surface area contributed by atoms with Crippen LogP contribution in [0.3, 0.4) is 0 Å². The predicted octanol–water partition coefficient (Wildman–Crippen LogP) is 2.02. The Morgan fingerprint density at radius 2 is 1.72 bits per heavy atom. The van der Waals surface area contributed by atoms with Crippen LogP contribution in [-0.2, 0) is 0 Å². The highest BCUT2D eigenvalue weighted by Crippen LogP contribution is 2.62. The summed E-state index contributed by atoms with van der Waals surface area (Å²) in [5, 5.41) is 3.05. The summed E-state index contributed by atoms with van der Waals surface area (Å²) in [6, 6.07) is 5.14. The molecule has 1 fully saturated rings. The highest BCUT2D eigenvalue weighted by molar-refractivity contribution is 6.00. The number of benzene rings is 1.